The highest BCUT2D eigenvalue weighted by molar-refractivity contribution is 6.31. The minimum atomic E-state index is -0.0982. The lowest BCUT2D eigenvalue weighted by atomic mass is 9.82. The highest BCUT2D eigenvalue weighted by atomic mass is 35.5. The lowest BCUT2D eigenvalue weighted by Gasteiger charge is -2.29. The molecule has 0 heterocycles. The number of carbonyl (C=O) groups excluding carboxylic acids is 2. The Hall–Kier alpha value is -2.37. The Balaban J connectivity index is 0.00000300. The van der Waals surface area contributed by atoms with Crippen molar-refractivity contribution in [1.82, 2.24) is 0 Å². The molecule has 0 aliphatic heterocycles. The first kappa shape index (κ1) is 22.9. The third-order valence-corrected chi connectivity index (χ3v) is 5.43. The zero-order valence-corrected chi connectivity index (χ0v) is 18.4. The second-order valence-electron chi connectivity index (χ2n) is 8.03. The summed E-state index contributed by atoms with van der Waals surface area (Å²) >= 11 is 0. The maximum absolute atomic E-state index is 13.2. The Morgan fingerprint density at radius 2 is 1.41 bits per heavy atom. The summed E-state index contributed by atoms with van der Waals surface area (Å²) < 4.78 is 0.986. The quantitative estimate of drug-likeness (QED) is 0.422. The van der Waals surface area contributed by atoms with E-state index in [1.807, 2.05) is 12.1 Å². The number of rotatable bonds is 8. The topological polar surface area (TPSA) is 58.2 Å². The predicted molar refractivity (Wildman–Crippen MR) is 115 cm³/mol. The summed E-state index contributed by atoms with van der Waals surface area (Å²) in [7, 11) is 6.26. The number of anilines is 2. The summed E-state index contributed by atoms with van der Waals surface area (Å²) in [5.41, 5.74) is 3.34. The molecule has 0 aromatic heterocycles. The largest absolute Gasteiger partial charge is 1.00 e. The Morgan fingerprint density at radius 1 is 0.862 bits per heavy atom. The maximum Gasteiger partial charge on any atom is 0.196 e. The molecule has 1 aliphatic rings. The van der Waals surface area contributed by atoms with Gasteiger partial charge in [0.1, 0.15) is 0 Å². The van der Waals surface area contributed by atoms with Crippen LogP contribution in [0.2, 0.25) is 0 Å². The summed E-state index contributed by atoms with van der Waals surface area (Å²) in [5.74, 6) is -0.189. The third-order valence-electron chi connectivity index (χ3n) is 5.43. The fraction of sp³-hybridized carbons (Fsp3) is 0.391. The maximum atomic E-state index is 13.2. The highest BCUT2D eigenvalue weighted by Crippen LogP contribution is 2.36. The van der Waals surface area contributed by atoms with Crippen molar-refractivity contribution in [3.05, 3.63) is 58.7 Å². The van der Waals surface area contributed by atoms with E-state index in [-0.39, 0.29) is 24.0 Å². The molecule has 1 aliphatic carbocycles. The smallest absolute Gasteiger partial charge is 0.196 e. The Morgan fingerprint density at radius 3 is 1.97 bits per heavy atom. The van der Waals surface area contributed by atoms with Crippen LogP contribution in [0.5, 0.6) is 0 Å². The van der Waals surface area contributed by atoms with Gasteiger partial charge in [-0.15, -0.1) is 0 Å². The van der Waals surface area contributed by atoms with Crippen molar-refractivity contribution in [1.29, 1.82) is 0 Å². The molecule has 0 atom stereocenters. The highest BCUT2D eigenvalue weighted by Gasteiger charge is 2.33. The normalized spacial score (nSPS) is 12.7. The molecule has 0 saturated heterocycles. The molecule has 0 fully saturated rings. The molecule has 0 spiro atoms. The molecule has 2 N–H and O–H groups in total. The van der Waals surface area contributed by atoms with Crippen molar-refractivity contribution in [3.8, 4) is 0 Å². The van der Waals surface area contributed by atoms with E-state index < -0.39 is 0 Å². The van der Waals surface area contributed by atoms with Crippen LogP contribution in [-0.2, 0) is 0 Å². The predicted octanol–water partition coefficient (Wildman–Crippen LogP) is 0.796. The van der Waals surface area contributed by atoms with Crippen LogP contribution in [0.1, 0.15) is 51.6 Å². The van der Waals surface area contributed by atoms with Crippen LogP contribution in [0.25, 0.3) is 0 Å². The van der Waals surface area contributed by atoms with Crippen molar-refractivity contribution in [3.63, 3.8) is 0 Å². The Labute approximate surface area is 179 Å². The first-order valence-corrected chi connectivity index (χ1v) is 9.98. The second-order valence-corrected chi connectivity index (χ2v) is 8.03. The molecule has 0 radical (unpaired) electrons. The van der Waals surface area contributed by atoms with Gasteiger partial charge in [-0.3, -0.25) is 9.59 Å². The number of carbonyl (C=O) groups is 2. The van der Waals surface area contributed by atoms with Gasteiger partial charge in [0.25, 0.3) is 0 Å². The van der Waals surface area contributed by atoms with Gasteiger partial charge in [-0.1, -0.05) is 31.2 Å². The average Bonchev–Trinajstić information content (AvgIpc) is 2.68. The van der Waals surface area contributed by atoms with E-state index in [4.69, 9.17) is 0 Å². The van der Waals surface area contributed by atoms with E-state index in [2.05, 4.69) is 31.7 Å². The van der Waals surface area contributed by atoms with Crippen molar-refractivity contribution in [2.75, 3.05) is 51.4 Å². The lowest BCUT2D eigenvalue weighted by molar-refractivity contribution is -0.890. The summed E-state index contributed by atoms with van der Waals surface area (Å²) in [6, 6.07) is 10.8. The number of hydrogen-bond donors (Lipinski definition) is 2. The number of nitrogens with one attached hydrogen (secondary N) is 2. The first-order chi connectivity index (χ1) is 13.4. The van der Waals surface area contributed by atoms with Crippen molar-refractivity contribution < 1.29 is 26.5 Å². The summed E-state index contributed by atoms with van der Waals surface area (Å²) in [5, 5.41) is 6.47. The number of benzene rings is 2. The molecular weight excluding hydrogens is 386 g/mol. The van der Waals surface area contributed by atoms with Gasteiger partial charge in [0, 0.05) is 42.5 Å². The van der Waals surface area contributed by atoms with Gasteiger partial charge in [-0.25, -0.2) is 0 Å². The average molecular weight is 416 g/mol. The van der Waals surface area contributed by atoms with Crippen LogP contribution in [0.3, 0.4) is 0 Å². The zero-order chi connectivity index (χ0) is 20.3. The number of halogens is 1. The van der Waals surface area contributed by atoms with Gasteiger partial charge in [0.05, 0.1) is 38.3 Å². The number of quaternary nitrogens is 1. The molecule has 0 amide bonds. The first-order valence-electron chi connectivity index (χ1n) is 9.98. The van der Waals surface area contributed by atoms with Gasteiger partial charge >= 0.3 is 0 Å². The summed E-state index contributed by atoms with van der Waals surface area (Å²) in [6.07, 6.45) is 2.16. The molecule has 156 valence electrons. The van der Waals surface area contributed by atoms with E-state index >= 15 is 0 Å². The van der Waals surface area contributed by atoms with Gasteiger partial charge in [0.2, 0.25) is 0 Å². The SMILES string of the molecule is CCC[N+](C)(C)CCCNc1ccc(NC)c2c1C(=O)c1ccccc1C2=O.[Cl-]. The minimum Gasteiger partial charge on any atom is -1.00 e. The summed E-state index contributed by atoms with van der Waals surface area (Å²) in [4.78, 5) is 26.3. The zero-order valence-electron chi connectivity index (χ0n) is 17.6. The van der Waals surface area contributed by atoms with Crippen LogP contribution < -0.4 is 23.0 Å². The minimum absolute atomic E-state index is 0. The molecule has 0 unspecified atom stereocenters. The molecule has 6 heteroatoms. The van der Waals surface area contributed by atoms with Gasteiger partial charge in [0.15, 0.2) is 11.6 Å². The molecule has 3 rings (SSSR count). The van der Waals surface area contributed by atoms with Crippen molar-refractivity contribution in [2.24, 2.45) is 0 Å². The monoisotopic (exact) mass is 415 g/mol. The third kappa shape index (κ3) is 4.62. The molecule has 2 aromatic rings. The van der Waals surface area contributed by atoms with E-state index in [0.29, 0.717) is 27.9 Å². The lowest BCUT2D eigenvalue weighted by Crippen LogP contribution is -3.00. The molecule has 2 aromatic carbocycles. The van der Waals surface area contributed by atoms with E-state index in [9.17, 15) is 9.59 Å². The number of nitrogens with zero attached hydrogens (tertiary/aromatic N) is 1. The van der Waals surface area contributed by atoms with Gasteiger partial charge in [-0.2, -0.15) is 0 Å². The van der Waals surface area contributed by atoms with Crippen molar-refractivity contribution in [2.45, 2.75) is 19.8 Å². The number of ketones is 2. The molecule has 29 heavy (non-hydrogen) atoms. The van der Waals surface area contributed by atoms with Crippen LogP contribution >= 0.6 is 0 Å². The van der Waals surface area contributed by atoms with E-state index in [0.717, 1.165) is 42.6 Å². The molecule has 0 bridgehead atoms. The van der Waals surface area contributed by atoms with Crippen molar-refractivity contribution >= 4 is 22.9 Å². The number of fused-ring (bicyclic) bond motifs is 2. The fourth-order valence-electron chi connectivity index (χ4n) is 4.03. The van der Waals surface area contributed by atoms with Crippen LogP contribution in [0.4, 0.5) is 11.4 Å². The standard InChI is InChI=1S/C23H29N3O2.ClH/c1-5-14-26(3,4)15-8-13-25-19-12-11-18(24-2)20-21(19)23(28)17-10-7-6-9-16(17)22(20)27;/h6-7,9-12H,5,8,13-15H2,1-4H3,(H-,24,25,27,28);1H. The molecule has 0 saturated carbocycles. The second kappa shape index (κ2) is 9.42. The molecule has 5 nitrogen and oxygen atoms in total. The fourth-order valence-corrected chi connectivity index (χ4v) is 4.03. The van der Waals surface area contributed by atoms with Gasteiger partial charge in [-0.05, 0) is 18.6 Å². The van der Waals surface area contributed by atoms with E-state index in [1.165, 1.54) is 0 Å². The summed E-state index contributed by atoms with van der Waals surface area (Å²) in [6.45, 7) is 5.18. The van der Waals surface area contributed by atoms with Crippen LogP contribution in [0.15, 0.2) is 36.4 Å². The molecular formula is C23H30ClN3O2. The number of hydrogen-bond acceptors (Lipinski definition) is 4. The van der Waals surface area contributed by atoms with Crippen LogP contribution in [-0.4, -0.2) is 56.8 Å². The van der Waals surface area contributed by atoms with Gasteiger partial charge < -0.3 is 27.5 Å². The Bertz CT molecular complexity index is 909. The van der Waals surface area contributed by atoms with Crippen LogP contribution in [0, 0.1) is 0 Å². The van der Waals surface area contributed by atoms with E-state index in [1.54, 1.807) is 31.3 Å². The Kier molecular flexibility index (Phi) is 7.44.